The first-order chi connectivity index (χ1) is 8.58. The lowest BCUT2D eigenvalue weighted by Gasteiger charge is -2.16. The highest BCUT2D eigenvalue weighted by atomic mass is 15.1. The number of rotatable bonds is 8. The minimum absolute atomic E-state index is 0.853. The standard InChI is InChI=1S/C15H25N3/c1-13(2)12-18(4)9-5-7-16-11-15-10-14(3)6-8-17-15/h6,8,10,16H,1,5,7,9,11-12H2,2-4H3. The van der Waals surface area contributed by atoms with Crippen LogP contribution in [0.1, 0.15) is 24.6 Å². The number of aromatic nitrogens is 1. The van der Waals surface area contributed by atoms with Crippen molar-refractivity contribution in [3.8, 4) is 0 Å². The molecule has 0 spiro atoms. The Bertz CT molecular complexity index is 374. The number of hydrogen-bond acceptors (Lipinski definition) is 3. The fourth-order valence-corrected chi connectivity index (χ4v) is 1.93. The van der Waals surface area contributed by atoms with Gasteiger partial charge in [0.15, 0.2) is 0 Å². The molecule has 1 aromatic rings. The third-order valence-corrected chi connectivity index (χ3v) is 2.71. The van der Waals surface area contributed by atoms with Crippen molar-refractivity contribution in [3.05, 3.63) is 41.7 Å². The van der Waals surface area contributed by atoms with Crippen molar-refractivity contribution < 1.29 is 0 Å². The van der Waals surface area contributed by atoms with Crippen LogP contribution in [0.15, 0.2) is 30.5 Å². The summed E-state index contributed by atoms with van der Waals surface area (Å²) in [7, 11) is 2.14. The van der Waals surface area contributed by atoms with Crippen LogP contribution in [-0.2, 0) is 6.54 Å². The molecule has 18 heavy (non-hydrogen) atoms. The second kappa shape index (κ2) is 8.01. The first-order valence-corrected chi connectivity index (χ1v) is 6.53. The molecule has 0 aromatic carbocycles. The Balaban J connectivity index is 2.10. The van der Waals surface area contributed by atoms with Crippen LogP contribution < -0.4 is 5.32 Å². The fraction of sp³-hybridized carbons (Fsp3) is 0.533. The summed E-state index contributed by atoms with van der Waals surface area (Å²) in [6, 6.07) is 4.15. The Kier molecular flexibility index (Phi) is 6.61. The largest absolute Gasteiger partial charge is 0.311 e. The molecule has 0 atom stereocenters. The predicted octanol–water partition coefficient (Wildman–Crippen LogP) is 2.38. The van der Waals surface area contributed by atoms with Crippen LogP contribution >= 0.6 is 0 Å². The first kappa shape index (κ1) is 14.9. The summed E-state index contributed by atoms with van der Waals surface area (Å²) in [6.07, 6.45) is 3.02. The van der Waals surface area contributed by atoms with Gasteiger partial charge in [-0.3, -0.25) is 4.98 Å². The van der Waals surface area contributed by atoms with E-state index in [4.69, 9.17) is 0 Å². The van der Waals surface area contributed by atoms with Crippen molar-refractivity contribution in [2.24, 2.45) is 0 Å². The van der Waals surface area contributed by atoms with E-state index in [2.05, 4.69) is 48.7 Å². The number of pyridine rings is 1. The Morgan fingerprint density at radius 3 is 2.94 bits per heavy atom. The topological polar surface area (TPSA) is 28.2 Å². The maximum atomic E-state index is 4.33. The Morgan fingerprint density at radius 1 is 1.50 bits per heavy atom. The summed E-state index contributed by atoms with van der Waals surface area (Å²) in [6.45, 7) is 12.0. The van der Waals surface area contributed by atoms with Gasteiger partial charge in [-0.15, -0.1) is 0 Å². The summed E-state index contributed by atoms with van der Waals surface area (Å²) in [5.41, 5.74) is 3.60. The molecular formula is C15H25N3. The molecule has 3 nitrogen and oxygen atoms in total. The lowest BCUT2D eigenvalue weighted by Crippen LogP contribution is -2.25. The second-order valence-electron chi connectivity index (χ2n) is 5.05. The van der Waals surface area contributed by atoms with Gasteiger partial charge in [-0.1, -0.05) is 12.2 Å². The molecule has 0 saturated carbocycles. The molecule has 0 bridgehead atoms. The van der Waals surface area contributed by atoms with Gasteiger partial charge in [0.05, 0.1) is 5.69 Å². The van der Waals surface area contributed by atoms with Gasteiger partial charge < -0.3 is 10.2 Å². The van der Waals surface area contributed by atoms with Gasteiger partial charge in [-0.05, 0) is 58.1 Å². The summed E-state index contributed by atoms with van der Waals surface area (Å²) in [5.74, 6) is 0. The average molecular weight is 247 g/mol. The number of nitrogens with zero attached hydrogens (tertiary/aromatic N) is 2. The fourth-order valence-electron chi connectivity index (χ4n) is 1.93. The van der Waals surface area contributed by atoms with Crippen LogP contribution in [0, 0.1) is 6.92 Å². The molecule has 1 rings (SSSR count). The molecule has 0 fully saturated rings. The van der Waals surface area contributed by atoms with Gasteiger partial charge in [0.1, 0.15) is 0 Å². The van der Waals surface area contributed by atoms with Crippen LogP contribution in [0.2, 0.25) is 0 Å². The molecule has 3 heteroatoms. The van der Waals surface area contributed by atoms with E-state index in [9.17, 15) is 0 Å². The van der Waals surface area contributed by atoms with Crippen molar-refractivity contribution in [3.63, 3.8) is 0 Å². The molecule has 0 unspecified atom stereocenters. The first-order valence-electron chi connectivity index (χ1n) is 6.53. The Morgan fingerprint density at radius 2 is 2.28 bits per heavy atom. The maximum absolute atomic E-state index is 4.33. The Hall–Kier alpha value is -1.19. The monoisotopic (exact) mass is 247 g/mol. The zero-order valence-electron chi connectivity index (χ0n) is 11.9. The highest BCUT2D eigenvalue weighted by Crippen LogP contribution is 1.99. The van der Waals surface area contributed by atoms with Crippen molar-refractivity contribution in [2.75, 3.05) is 26.7 Å². The van der Waals surface area contributed by atoms with E-state index < -0.39 is 0 Å². The molecule has 0 aliphatic carbocycles. The van der Waals surface area contributed by atoms with Crippen LogP contribution in [0.3, 0.4) is 0 Å². The van der Waals surface area contributed by atoms with E-state index in [1.807, 2.05) is 12.3 Å². The second-order valence-corrected chi connectivity index (χ2v) is 5.05. The molecule has 0 saturated heterocycles. The normalized spacial score (nSPS) is 10.9. The SMILES string of the molecule is C=C(C)CN(C)CCCNCc1cc(C)ccn1. The number of hydrogen-bond donors (Lipinski definition) is 1. The van der Waals surface area contributed by atoms with Crippen LogP contribution in [0.5, 0.6) is 0 Å². The molecule has 1 aromatic heterocycles. The maximum Gasteiger partial charge on any atom is 0.0544 e. The van der Waals surface area contributed by atoms with E-state index in [0.29, 0.717) is 0 Å². The zero-order valence-corrected chi connectivity index (χ0v) is 11.9. The number of aryl methyl sites for hydroxylation is 1. The molecular weight excluding hydrogens is 222 g/mol. The van der Waals surface area contributed by atoms with Crippen molar-refractivity contribution in [2.45, 2.75) is 26.8 Å². The summed E-state index contributed by atoms with van der Waals surface area (Å²) in [5, 5.41) is 3.43. The number of nitrogens with one attached hydrogen (secondary N) is 1. The van der Waals surface area contributed by atoms with E-state index in [1.165, 1.54) is 11.1 Å². The minimum Gasteiger partial charge on any atom is -0.311 e. The summed E-state index contributed by atoms with van der Waals surface area (Å²) < 4.78 is 0. The van der Waals surface area contributed by atoms with Gasteiger partial charge in [0.2, 0.25) is 0 Å². The van der Waals surface area contributed by atoms with Crippen molar-refractivity contribution >= 4 is 0 Å². The smallest absolute Gasteiger partial charge is 0.0544 e. The van der Waals surface area contributed by atoms with Crippen molar-refractivity contribution in [1.82, 2.24) is 15.2 Å². The third-order valence-electron chi connectivity index (χ3n) is 2.71. The molecule has 0 amide bonds. The predicted molar refractivity (Wildman–Crippen MR) is 77.6 cm³/mol. The van der Waals surface area contributed by atoms with Crippen LogP contribution in [0.25, 0.3) is 0 Å². The highest BCUT2D eigenvalue weighted by Gasteiger charge is 1.98. The third kappa shape index (κ3) is 6.52. The molecule has 0 radical (unpaired) electrons. The molecule has 1 N–H and O–H groups in total. The van der Waals surface area contributed by atoms with Gasteiger partial charge in [0.25, 0.3) is 0 Å². The Labute approximate surface area is 111 Å². The minimum atomic E-state index is 0.853. The summed E-state index contributed by atoms with van der Waals surface area (Å²) >= 11 is 0. The number of likely N-dealkylation sites (N-methyl/N-ethyl adjacent to an activating group) is 1. The van der Waals surface area contributed by atoms with E-state index in [1.54, 1.807) is 0 Å². The molecule has 1 heterocycles. The molecule has 100 valence electrons. The molecule has 0 aliphatic heterocycles. The quantitative estimate of drug-likeness (QED) is 0.565. The van der Waals surface area contributed by atoms with Gasteiger partial charge >= 0.3 is 0 Å². The lowest BCUT2D eigenvalue weighted by molar-refractivity contribution is 0.353. The van der Waals surface area contributed by atoms with Gasteiger partial charge in [-0.2, -0.15) is 0 Å². The van der Waals surface area contributed by atoms with Crippen LogP contribution in [0.4, 0.5) is 0 Å². The highest BCUT2D eigenvalue weighted by molar-refractivity contribution is 5.14. The van der Waals surface area contributed by atoms with Crippen LogP contribution in [-0.4, -0.2) is 36.6 Å². The van der Waals surface area contributed by atoms with Gasteiger partial charge in [-0.25, -0.2) is 0 Å². The van der Waals surface area contributed by atoms with Gasteiger partial charge in [0, 0.05) is 19.3 Å². The molecule has 0 aliphatic rings. The zero-order chi connectivity index (χ0) is 13.4. The van der Waals surface area contributed by atoms with E-state index in [-0.39, 0.29) is 0 Å². The summed E-state index contributed by atoms with van der Waals surface area (Å²) in [4.78, 5) is 6.63. The lowest BCUT2D eigenvalue weighted by atomic mass is 10.2. The van der Waals surface area contributed by atoms with Crippen molar-refractivity contribution in [1.29, 1.82) is 0 Å². The van der Waals surface area contributed by atoms with E-state index >= 15 is 0 Å². The van der Waals surface area contributed by atoms with E-state index in [0.717, 1.165) is 38.3 Å². The average Bonchev–Trinajstić information content (AvgIpc) is 2.27.